The molecule has 0 saturated carbocycles. The summed E-state index contributed by atoms with van der Waals surface area (Å²) in [7, 11) is 0. The van der Waals surface area contributed by atoms with Crippen LogP contribution in [0, 0.1) is 11.7 Å². The molecule has 2 unspecified atom stereocenters. The number of nitrogens with zero attached hydrogens (tertiary/aromatic N) is 1. The molecule has 1 heterocycles. The fraction of sp³-hybridized carbons (Fsp3) is 0.467. The van der Waals surface area contributed by atoms with Gasteiger partial charge < -0.3 is 15.3 Å². The van der Waals surface area contributed by atoms with Crippen LogP contribution in [-0.2, 0) is 4.79 Å². The summed E-state index contributed by atoms with van der Waals surface area (Å²) >= 11 is 0. The zero-order valence-corrected chi connectivity index (χ0v) is 12.1. The van der Waals surface area contributed by atoms with Crippen molar-refractivity contribution in [1.82, 2.24) is 4.90 Å². The first-order chi connectivity index (χ1) is 9.88. The first-order valence-corrected chi connectivity index (χ1v) is 6.93. The molecule has 1 aliphatic heterocycles. The summed E-state index contributed by atoms with van der Waals surface area (Å²) in [5.41, 5.74) is 0.325. The number of hydrogen-bond acceptors (Lipinski definition) is 3. The first-order valence-electron chi connectivity index (χ1n) is 6.93. The van der Waals surface area contributed by atoms with Crippen molar-refractivity contribution in [3.05, 3.63) is 29.6 Å². The zero-order chi connectivity index (χ0) is 15.6. The Labute approximate surface area is 122 Å². The van der Waals surface area contributed by atoms with Gasteiger partial charge in [0.25, 0.3) is 5.91 Å². The predicted octanol–water partition coefficient (Wildman–Crippen LogP) is 1.63. The number of rotatable bonds is 3. The minimum atomic E-state index is -0.616. The Bertz CT molecular complexity index is 560. The summed E-state index contributed by atoms with van der Waals surface area (Å²) in [6.07, 6.45) is 0.217. The molecule has 0 aromatic heterocycles. The number of likely N-dealkylation sites (tertiary alicyclic amines) is 1. The van der Waals surface area contributed by atoms with Crippen molar-refractivity contribution < 1.29 is 19.1 Å². The standard InChI is InChI=1S/C15H19FN2O3/c1-9(19)11-5-6-18(8-11)15(21)13-7-12(17-10(2)20)3-4-14(13)16/h3-4,7,9,11,19H,5-6,8H2,1-2H3,(H,17,20). The lowest BCUT2D eigenvalue weighted by molar-refractivity contribution is -0.114. The Hall–Kier alpha value is -1.95. The Morgan fingerprint density at radius 1 is 1.48 bits per heavy atom. The van der Waals surface area contributed by atoms with Gasteiger partial charge in [-0.3, -0.25) is 9.59 Å². The van der Waals surface area contributed by atoms with Crippen LogP contribution < -0.4 is 5.32 Å². The molecule has 0 aliphatic carbocycles. The molecule has 1 aromatic rings. The van der Waals surface area contributed by atoms with E-state index in [1.807, 2.05) is 0 Å². The van der Waals surface area contributed by atoms with Gasteiger partial charge in [0, 0.05) is 31.6 Å². The second-order valence-corrected chi connectivity index (χ2v) is 5.42. The van der Waals surface area contributed by atoms with Crippen LogP contribution in [0.15, 0.2) is 18.2 Å². The van der Waals surface area contributed by atoms with Crippen molar-refractivity contribution in [2.45, 2.75) is 26.4 Å². The molecule has 1 fully saturated rings. The topological polar surface area (TPSA) is 69.6 Å². The summed E-state index contributed by atoms with van der Waals surface area (Å²) < 4.78 is 13.9. The number of hydrogen-bond donors (Lipinski definition) is 2. The minimum Gasteiger partial charge on any atom is -0.393 e. The molecule has 114 valence electrons. The molecule has 2 atom stereocenters. The fourth-order valence-corrected chi connectivity index (χ4v) is 2.51. The van der Waals surface area contributed by atoms with Gasteiger partial charge in [-0.05, 0) is 31.5 Å². The van der Waals surface area contributed by atoms with Gasteiger partial charge >= 0.3 is 0 Å². The highest BCUT2D eigenvalue weighted by atomic mass is 19.1. The summed E-state index contributed by atoms with van der Waals surface area (Å²) in [4.78, 5) is 24.9. The lowest BCUT2D eigenvalue weighted by atomic mass is 10.0. The van der Waals surface area contributed by atoms with E-state index in [1.165, 1.54) is 30.0 Å². The lowest BCUT2D eigenvalue weighted by Crippen LogP contribution is -2.31. The van der Waals surface area contributed by atoms with Crippen molar-refractivity contribution >= 4 is 17.5 Å². The molecule has 2 amide bonds. The van der Waals surface area contributed by atoms with E-state index in [2.05, 4.69) is 5.32 Å². The molecule has 0 bridgehead atoms. The van der Waals surface area contributed by atoms with E-state index in [0.29, 0.717) is 25.2 Å². The molecule has 2 N–H and O–H groups in total. The third kappa shape index (κ3) is 3.58. The number of anilines is 1. The van der Waals surface area contributed by atoms with E-state index in [0.717, 1.165) is 0 Å². The molecule has 0 spiro atoms. The van der Waals surface area contributed by atoms with Crippen LogP contribution in [0.25, 0.3) is 0 Å². The van der Waals surface area contributed by atoms with Gasteiger partial charge in [-0.2, -0.15) is 0 Å². The van der Waals surface area contributed by atoms with Gasteiger partial charge in [-0.1, -0.05) is 0 Å². The third-order valence-corrected chi connectivity index (χ3v) is 3.71. The summed E-state index contributed by atoms with van der Waals surface area (Å²) in [5, 5.41) is 12.1. The monoisotopic (exact) mass is 294 g/mol. The molecular formula is C15H19FN2O3. The Morgan fingerprint density at radius 3 is 2.76 bits per heavy atom. The maximum absolute atomic E-state index is 13.9. The first kappa shape index (κ1) is 15.4. The molecule has 1 aliphatic rings. The van der Waals surface area contributed by atoms with Crippen molar-refractivity contribution in [3.8, 4) is 0 Å². The van der Waals surface area contributed by atoms with Crippen molar-refractivity contribution in [2.24, 2.45) is 5.92 Å². The maximum atomic E-state index is 13.9. The summed E-state index contributed by atoms with van der Waals surface area (Å²) in [6, 6.07) is 3.92. The smallest absolute Gasteiger partial charge is 0.256 e. The van der Waals surface area contributed by atoms with Crippen LogP contribution in [0.5, 0.6) is 0 Å². The number of nitrogens with one attached hydrogen (secondary N) is 1. The van der Waals surface area contributed by atoms with Crippen molar-refractivity contribution in [2.75, 3.05) is 18.4 Å². The molecule has 1 saturated heterocycles. The average molecular weight is 294 g/mol. The van der Waals surface area contributed by atoms with Crippen LogP contribution in [0.3, 0.4) is 0 Å². The van der Waals surface area contributed by atoms with Gasteiger partial charge in [0.1, 0.15) is 5.82 Å². The Kier molecular flexibility index (Phi) is 4.57. The average Bonchev–Trinajstić information content (AvgIpc) is 2.89. The molecule has 0 radical (unpaired) electrons. The van der Waals surface area contributed by atoms with Crippen LogP contribution in [0.2, 0.25) is 0 Å². The second kappa shape index (κ2) is 6.22. The van der Waals surface area contributed by atoms with Crippen LogP contribution in [0.1, 0.15) is 30.6 Å². The molecule has 5 nitrogen and oxygen atoms in total. The lowest BCUT2D eigenvalue weighted by Gasteiger charge is -2.18. The van der Waals surface area contributed by atoms with E-state index in [9.17, 15) is 19.1 Å². The highest BCUT2D eigenvalue weighted by Crippen LogP contribution is 2.23. The summed E-state index contributed by atoms with van der Waals surface area (Å²) in [6.45, 7) is 3.95. The second-order valence-electron chi connectivity index (χ2n) is 5.42. The Morgan fingerprint density at radius 2 is 2.19 bits per heavy atom. The molecule has 1 aromatic carbocycles. The fourth-order valence-electron chi connectivity index (χ4n) is 2.51. The van der Waals surface area contributed by atoms with E-state index >= 15 is 0 Å². The zero-order valence-electron chi connectivity index (χ0n) is 12.1. The third-order valence-electron chi connectivity index (χ3n) is 3.71. The molecular weight excluding hydrogens is 275 g/mol. The number of carbonyl (C=O) groups is 2. The maximum Gasteiger partial charge on any atom is 0.256 e. The number of aliphatic hydroxyl groups excluding tert-OH is 1. The van der Waals surface area contributed by atoms with Crippen LogP contribution in [0.4, 0.5) is 10.1 Å². The Balaban J connectivity index is 2.17. The normalized spacial score (nSPS) is 19.4. The largest absolute Gasteiger partial charge is 0.393 e. The van der Waals surface area contributed by atoms with E-state index in [4.69, 9.17) is 0 Å². The highest BCUT2D eigenvalue weighted by molar-refractivity contribution is 5.97. The highest BCUT2D eigenvalue weighted by Gasteiger charge is 2.30. The van der Waals surface area contributed by atoms with E-state index in [1.54, 1.807) is 6.92 Å². The SMILES string of the molecule is CC(=O)Nc1ccc(F)c(C(=O)N2CCC(C(C)O)C2)c1. The number of aliphatic hydroxyl groups is 1. The van der Waals surface area contributed by atoms with Gasteiger partial charge in [0.2, 0.25) is 5.91 Å². The number of amides is 2. The number of carbonyl (C=O) groups excluding carboxylic acids is 2. The van der Waals surface area contributed by atoms with Crippen LogP contribution >= 0.6 is 0 Å². The summed E-state index contributed by atoms with van der Waals surface area (Å²) in [5.74, 6) is -1.29. The van der Waals surface area contributed by atoms with Crippen LogP contribution in [-0.4, -0.2) is 41.0 Å². The van der Waals surface area contributed by atoms with Gasteiger partial charge in [-0.15, -0.1) is 0 Å². The van der Waals surface area contributed by atoms with Crippen molar-refractivity contribution in [3.63, 3.8) is 0 Å². The molecule has 2 rings (SSSR count). The molecule has 21 heavy (non-hydrogen) atoms. The van der Waals surface area contributed by atoms with E-state index < -0.39 is 17.8 Å². The van der Waals surface area contributed by atoms with E-state index in [-0.39, 0.29) is 17.4 Å². The number of halogens is 1. The number of benzene rings is 1. The quantitative estimate of drug-likeness (QED) is 0.890. The van der Waals surface area contributed by atoms with Gasteiger partial charge in [0.15, 0.2) is 0 Å². The van der Waals surface area contributed by atoms with Gasteiger partial charge in [-0.25, -0.2) is 4.39 Å². The van der Waals surface area contributed by atoms with Gasteiger partial charge in [0.05, 0.1) is 11.7 Å². The molecule has 6 heteroatoms. The minimum absolute atomic E-state index is 0.0236. The predicted molar refractivity (Wildman–Crippen MR) is 76.4 cm³/mol. The van der Waals surface area contributed by atoms with Crippen molar-refractivity contribution in [1.29, 1.82) is 0 Å².